The van der Waals surface area contributed by atoms with E-state index in [4.69, 9.17) is 0 Å². The van der Waals surface area contributed by atoms with Crippen LogP contribution in [0.15, 0.2) is 29.6 Å². The molecule has 1 N–H and O–H groups in total. The fourth-order valence-electron chi connectivity index (χ4n) is 3.54. The number of halogens is 3. The van der Waals surface area contributed by atoms with Gasteiger partial charge in [0.15, 0.2) is 5.13 Å². The van der Waals surface area contributed by atoms with E-state index < -0.39 is 11.7 Å². The van der Waals surface area contributed by atoms with Gasteiger partial charge in [-0.15, -0.1) is 11.3 Å². The molecular formula is C17H18F3N3S. The van der Waals surface area contributed by atoms with Crippen LogP contribution in [0.1, 0.15) is 18.4 Å². The number of nitrogens with zero attached hydrogens (tertiary/aromatic N) is 2. The van der Waals surface area contributed by atoms with E-state index in [1.54, 1.807) is 11.3 Å². The summed E-state index contributed by atoms with van der Waals surface area (Å²) in [5.41, 5.74) is 1.28. The smallest absolute Gasteiger partial charge is 0.347 e. The molecule has 128 valence electrons. The van der Waals surface area contributed by atoms with Crippen LogP contribution in [-0.4, -0.2) is 31.2 Å². The average Bonchev–Trinajstić information content (AvgIpc) is 3.02. The molecule has 2 aromatic rings. The SMILES string of the molecule is FC(F)(F)c1ccc(-c2csc(N3CC4(CCNCC4)C3)n2)cc1. The maximum atomic E-state index is 12.6. The van der Waals surface area contributed by atoms with Crippen LogP contribution in [0.2, 0.25) is 0 Å². The number of rotatable bonds is 2. The molecule has 2 aliphatic heterocycles. The van der Waals surface area contributed by atoms with Crippen molar-refractivity contribution in [1.29, 1.82) is 0 Å². The summed E-state index contributed by atoms with van der Waals surface area (Å²) in [6.45, 7) is 4.24. The molecule has 0 unspecified atom stereocenters. The summed E-state index contributed by atoms with van der Waals surface area (Å²) >= 11 is 1.56. The molecule has 3 nitrogen and oxygen atoms in total. The van der Waals surface area contributed by atoms with Gasteiger partial charge in [-0.05, 0) is 38.1 Å². The van der Waals surface area contributed by atoms with E-state index in [9.17, 15) is 13.2 Å². The molecule has 0 saturated carbocycles. The number of benzene rings is 1. The van der Waals surface area contributed by atoms with Gasteiger partial charge in [0.2, 0.25) is 0 Å². The first kappa shape index (κ1) is 15.9. The summed E-state index contributed by atoms with van der Waals surface area (Å²) in [5, 5.41) is 6.28. The summed E-state index contributed by atoms with van der Waals surface area (Å²) in [5.74, 6) is 0. The highest BCUT2D eigenvalue weighted by molar-refractivity contribution is 7.14. The zero-order valence-corrected chi connectivity index (χ0v) is 13.9. The number of hydrogen-bond acceptors (Lipinski definition) is 4. The van der Waals surface area contributed by atoms with Gasteiger partial charge in [-0.2, -0.15) is 13.2 Å². The molecule has 0 atom stereocenters. The van der Waals surface area contributed by atoms with Crippen LogP contribution in [-0.2, 0) is 6.18 Å². The van der Waals surface area contributed by atoms with Crippen molar-refractivity contribution < 1.29 is 13.2 Å². The van der Waals surface area contributed by atoms with Crippen molar-refractivity contribution in [2.75, 3.05) is 31.1 Å². The predicted molar refractivity (Wildman–Crippen MR) is 89.3 cm³/mol. The molecule has 0 amide bonds. The molecule has 1 aromatic heterocycles. The molecule has 24 heavy (non-hydrogen) atoms. The van der Waals surface area contributed by atoms with Crippen molar-refractivity contribution >= 4 is 16.5 Å². The van der Waals surface area contributed by atoms with Crippen LogP contribution in [0, 0.1) is 5.41 Å². The standard InChI is InChI=1S/C17H18F3N3S/c18-17(19,20)13-3-1-12(2-4-13)14-9-24-15(22-14)23-10-16(11-23)5-7-21-8-6-16/h1-4,9,21H,5-8,10-11H2. The number of anilines is 1. The molecule has 2 fully saturated rings. The molecule has 1 spiro atoms. The maximum Gasteiger partial charge on any atom is 0.416 e. The second-order valence-corrected chi connectivity index (χ2v) is 7.53. The zero-order valence-electron chi connectivity index (χ0n) is 13.1. The third-order valence-corrected chi connectivity index (χ3v) is 5.89. The van der Waals surface area contributed by atoms with Gasteiger partial charge >= 0.3 is 6.18 Å². The van der Waals surface area contributed by atoms with Gasteiger partial charge in [-0.25, -0.2) is 4.98 Å². The van der Waals surface area contributed by atoms with Crippen LogP contribution in [0.5, 0.6) is 0 Å². The van der Waals surface area contributed by atoms with Crippen molar-refractivity contribution in [3.05, 3.63) is 35.2 Å². The Morgan fingerprint density at radius 2 is 1.75 bits per heavy atom. The summed E-state index contributed by atoms with van der Waals surface area (Å²) in [4.78, 5) is 6.90. The van der Waals surface area contributed by atoms with E-state index in [2.05, 4.69) is 15.2 Å². The molecule has 0 aliphatic carbocycles. The second-order valence-electron chi connectivity index (χ2n) is 6.70. The van der Waals surface area contributed by atoms with Crippen molar-refractivity contribution in [3.8, 4) is 11.3 Å². The Balaban J connectivity index is 1.46. The van der Waals surface area contributed by atoms with Gasteiger partial charge < -0.3 is 10.2 Å². The molecule has 7 heteroatoms. The largest absolute Gasteiger partial charge is 0.416 e. The summed E-state index contributed by atoms with van der Waals surface area (Å²) < 4.78 is 37.9. The predicted octanol–water partition coefficient (Wildman–Crippen LogP) is 4.02. The average molecular weight is 353 g/mol. The summed E-state index contributed by atoms with van der Waals surface area (Å²) in [6.07, 6.45) is -1.88. The number of thiazole rings is 1. The highest BCUT2D eigenvalue weighted by Gasteiger charge is 2.44. The van der Waals surface area contributed by atoms with Gasteiger partial charge in [0.1, 0.15) is 0 Å². The second kappa shape index (κ2) is 5.74. The van der Waals surface area contributed by atoms with Crippen molar-refractivity contribution in [3.63, 3.8) is 0 Å². The quantitative estimate of drug-likeness (QED) is 0.884. The first-order valence-electron chi connectivity index (χ1n) is 8.04. The van der Waals surface area contributed by atoms with E-state index in [1.807, 2.05) is 5.38 Å². The Kier molecular flexibility index (Phi) is 3.80. The maximum absolute atomic E-state index is 12.6. The molecular weight excluding hydrogens is 335 g/mol. The van der Waals surface area contributed by atoms with E-state index in [0.29, 0.717) is 5.41 Å². The Hall–Kier alpha value is -1.60. The highest BCUT2D eigenvalue weighted by atomic mass is 32.1. The molecule has 2 saturated heterocycles. The number of hydrogen-bond donors (Lipinski definition) is 1. The molecule has 2 aliphatic rings. The van der Waals surface area contributed by atoms with Crippen molar-refractivity contribution in [2.24, 2.45) is 5.41 Å². The highest BCUT2D eigenvalue weighted by Crippen LogP contribution is 2.42. The lowest BCUT2D eigenvalue weighted by Crippen LogP contribution is -2.60. The monoisotopic (exact) mass is 353 g/mol. The van der Waals surface area contributed by atoms with E-state index in [1.165, 1.54) is 25.0 Å². The van der Waals surface area contributed by atoms with Crippen LogP contribution in [0.4, 0.5) is 18.3 Å². The van der Waals surface area contributed by atoms with Gasteiger partial charge in [-0.1, -0.05) is 12.1 Å². The van der Waals surface area contributed by atoms with Crippen LogP contribution in [0.25, 0.3) is 11.3 Å². The Morgan fingerprint density at radius 1 is 1.08 bits per heavy atom. The molecule has 4 rings (SSSR count). The van der Waals surface area contributed by atoms with E-state index in [-0.39, 0.29) is 0 Å². The van der Waals surface area contributed by atoms with E-state index in [0.717, 1.165) is 54.7 Å². The topological polar surface area (TPSA) is 28.2 Å². The summed E-state index contributed by atoms with van der Waals surface area (Å²) in [6, 6.07) is 5.21. The lowest BCUT2D eigenvalue weighted by Gasteiger charge is -2.52. The molecule has 0 bridgehead atoms. The number of nitrogens with one attached hydrogen (secondary N) is 1. The molecule has 0 radical (unpaired) electrons. The lowest BCUT2D eigenvalue weighted by atomic mass is 9.73. The van der Waals surface area contributed by atoms with Gasteiger partial charge in [0, 0.05) is 29.4 Å². The number of aromatic nitrogens is 1. The Morgan fingerprint density at radius 3 is 2.38 bits per heavy atom. The van der Waals surface area contributed by atoms with Crippen molar-refractivity contribution in [1.82, 2.24) is 10.3 Å². The minimum atomic E-state index is -4.30. The summed E-state index contributed by atoms with van der Waals surface area (Å²) in [7, 11) is 0. The zero-order chi connectivity index (χ0) is 16.8. The number of piperidine rings is 1. The van der Waals surface area contributed by atoms with Gasteiger partial charge in [0.25, 0.3) is 0 Å². The van der Waals surface area contributed by atoms with Crippen LogP contribution >= 0.6 is 11.3 Å². The van der Waals surface area contributed by atoms with E-state index >= 15 is 0 Å². The van der Waals surface area contributed by atoms with Gasteiger partial charge in [-0.3, -0.25) is 0 Å². The first-order valence-corrected chi connectivity index (χ1v) is 8.92. The van der Waals surface area contributed by atoms with Crippen LogP contribution in [0.3, 0.4) is 0 Å². The number of alkyl halides is 3. The normalized spacial score (nSPS) is 20.2. The van der Waals surface area contributed by atoms with Gasteiger partial charge in [0.05, 0.1) is 11.3 Å². The fourth-order valence-corrected chi connectivity index (χ4v) is 4.38. The molecule has 3 heterocycles. The minimum Gasteiger partial charge on any atom is -0.347 e. The lowest BCUT2D eigenvalue weighted by molar-refractivity contribution is -0.137. The third kappa shape index (κ3) is 2.91. The molecule has 1 aromatic carbocycles. The first-order chi connectivity index (χ1) is 11.5. The third-order valence-electron chi connectivity index (χ3n) is 4.99. The fraction of sp³-hybridized carbons (Fsp3) is 0.471. The minimum absolute atomic E-state index is 0.436. The van der Waals surface area contributed by atoms with Crippen molar-refractivity contribution in [2.45, 2.75) is 19.0 Å². The Bertz CT molecular complexity index is 709. The van der Waals surface area contributed by atoms with Crippen LogP contribution < -0.4 is 10.2 Å². The Labute approximate surface area is 142 Å².